The van der Waals surface area contributed by atoms with Gasteiger partial charge in [-0.05, 0) is 60.4 Å². The van der Waals surface area contributed by atoms with Crippen LogP contribution in [0.4, 0.5) is 11.8 Å². The van der Waals surface area contributed by atoms with Crippen LogP contribution in [0, 0.1) is 0 Å². The lowest BCUT2D eigenvalue weighted by Gasteiger charge is -2.37. The van der Waals surface area contributed by atoms with E-state index in [1.165, 1.54) is 0 Å². The van der Waals surface area contributed by atoms with Gasteiger partial charge in [-0.25, -0.2) is 0 Å². The molecule has 1 fully saturated rings. The summed E-state index contributed by atoms with van der Waals surface area (Å²) in [4.78, 5) is 23.2. The second-order valence-electron chi connectivity index (χ2n) is 9.69. The molecule has 39 heavy (non-hydrogen) atoms. The molecule has 0 saturated heterocycles. The van der Waals surface area contributed by atoms with Crippen molar-refractivity contribution < 1.29 is 4.79 Å². The summed E-state index contributed by atoms with van der Waals surface area (Å²) in [7, 11) is 0. The number of amides is 1. The van der Waals surface area contributed by atoms with Gasteiger partial charge in [0.1, 0.15) is 17.2 Å². The number of nitrogens with one attached hydrogen (secondary N) is 3. The van der Waals surface area contributed by atoms with Gasteiger partial charge in [0, 0.05) is 46.6 Å². The number of benzene rings is 2. The van der Waals surface area contributed by atoms with Crippen LogP contribution < -0.4 is 16.0 Å². The van der Waals surface area contributed by atoms with Crippen LogP contribution in [0.15, 0.2) is 73.1 Å². The number of halogens is 3. The number of hydrogen-bond donors (Lipinski definition) is 3. The molecule has 3 N–H and O–H groups in total. The molecule has 2 heterocycles. The molecule has 0 atom stereocenters. The van der Waals surface area contributed by atoms with Gasteiger partial charge in [-0.1, -0.05) is 72.3 Å². The molecule has 0 unspecified atom stereocenters. The van der Waals surface area contributed by atoms with Gasteiger partial charge >= 0.3 is 0 Å². The minimum Gasteiger partial charge on any atom is -0.356 e. The zero-order valence-corrected chi connectivity index (χ0v) is 23.5. The fraction of sp³-hybridized carbons (Fsp3) is 0.276. The fourth-order valence-corrected chi connectivity index (χ4v) is 5.53. The van der Waals surface area contributed by atoms with Gasteiger partial charge in [0.25, 0.3) is 0 Å². The molecule has 0 aliphatic heterocycles. The maximum absolute atomic E-state index is 13.7. The maximum atomic E-state index is 13.7. The molecule has 1 saturated carbocycles. The van der Waals surface area contributed by atoms with Crippen LogP contribution in [0.5, 0.6) is 0 Å². The number of rotatable bonds is 9. The van der Waals surface area contributed by atoms with Crippen LogP contribution in [0.25, 0.3) is 5.82 Å². The predicted octanol–water partition coefficient (Wildman–Crippen LogP) is 7.27. The monoisotopic (exact) mass is 582 g/mol. The first kappa shape index (κ1) is 27.3. The van der Waals surface area contributed by atoms with Gasteiger partial charge in [0.2, 0.25) is 11.9 Å². The third kappa shape index (κ3) is 6.85. The van der Waals surface area contributed by atoms with Crippen LogP contribution in [0.3, 0.4) is 0 Å². The Balaban J connectivity index is 1.39. The van der Waals surface area contributed by atoms with Crippen molar-refractivity contribution in [3.63, 3.8) is 0 Å². The average molecular weight is 584 g/mol. The molecule has 4 aromatic rings. The van der Waals surface area contributed by atoms with E-state index in [1.807, 2.05) is 65.5 Å². The van der Waals surface area contributed by atoms with Crippen molar-refractivity contribution in [3.05, 3.63) is 99.3 Å². The highest BCUT2D eigenvalue weighted by molar-refractivity contribution is 6.35. The summed E-state index contributed by atoms with van der Waals surface area (Å²) in [6, 6.07) is 18.7. The zero-order valence-electron chi connectivity index (χ0n) is 21.3. The number of aromatic nitrogens is 3. The Morgan fingerprint density at radius 1 is 0.872 bits per heavy atom. The lowest BCUT2D eigenvalue weighted by atomic mass is 9.80. The van der Waals surface area contributed by atoms with Gasteiger partial charge in [-0.3, -0.25) is 4.79 Å². The minimum atomic E-state index is -0.802. The van der Waals surface area contributed by atoms with Crippen molar-refractivity contribution in [3.8, 4) is 5.82 Å². The van der Waals surface area contributed by atoms with Crippen molar-refractivity contribution in [2.45, 2.75) is 50.7 Å². The van der Waals surface area contributed by atoms with E-state index < -0.39 is 5.54 Å². The molecule has 2 aromatic heterocycles. The van der Waals surface area contributed by atoms with Crippen LogP contribution in [0.1, 0.15) is 43.2 Å². The summed E-state index contributed by atoms with van der Waals surface area (Å²) in [6.45, 7) is 0.811. The van der Waals surface area contributed by atoms with Crippen molar-refractivity contribution in [1.29, 1.82) is 0 Å². The Kier molecular flexibility index (Phi) is 8.60. The van der Waals surface area contributed by atoms with E-state index in [-0.39, 0.29) is 5.91 Å². The highest BCUT2D eigenvalue weighted by atomic mass is 35.5. The molecule has 1 aliphatic carbocycles. The number of hydrogen-bond acceptors (Lipinski definition) is 5. The first-order valence-corrected chi connectivity index (χ1v) is 14.0. The summed E-state index contributed by atoms with van der Waals surface area (Å²) in [6.07, 6.45) is 8.21. The second-order valence-corrected chi connectivity index (χ2v) is 11.0. The Morgan fingerprint density at radius 3 is 2.38 bits per heavy atom. The molecule has 1 aliphatic rings. The second kappa shape index (κ2) is 12.3. The van der Waals surface area contributed by atoms with E-state index in [0.717, 1.165) is 30.4 Å². The Hall–Kier alpha value is -3.26. The molecule has 0 spiro atoms. The zero-order chi connectivity index (χ0) is 27.2. The summed E-state index contributed by atoms with van der Waals surface area (Å²) in [5.41, 5.74) is 1.02. The van der Waals surface area contributed by atoms with Crippen LogP contribution in [0.2, 0.25) is 15.1 Å². The van der Waals surface area contributed by atoms with Crippen molar-refractivity contribution in [2.24, 2.45) is 0 Å². The molecular formula is C29H29Cl3N6O. The third-order valence-corrected chi connectivity index (χ3v) is 7.71. The number of nitrogens with zero attached hydrogens (tertiary/aromatic N) is 3. The van der Waals surface area contributed by atoms with Gasteiger partial charge in [-0.2, -0.15) is 9.97 Å². The van der Waals surface area contributed by atoms with E-state index in [2.05, 4.69) is 16.0 Å². The largest absolute Gasteiger partial charge is 0.356 e. The predicted molar refractivity (Wildman–Crippen MR) is 158 cm³/mol. The molecule has 0 bridgehead atoms. The lowest BCUT2D eigenvalue weighted by Crippen LogP contribution is -2.53. The first-order chi connectivity index (χ1) is 18.9. The van der Waals surface area contributed by atoms with E-state index >= 15 is 0 Å². The quantitative estimate of drug-likeness (QED) is 0.193. The number of carbonyl (C=O) groups is 1. The molecule has 1 amide bonds. The molecule has 10 heteroatoms. The SMILES string of the molecule is O=C(NCc1ccc(Cl)cc1Cl)C1(Nc2cc(-n3cccc3)nc(NCc3cccc(Cl)c3)n2)CCCCC1. The lowest BCUT2D eigenvalue weighted by molar-refractivity contribution is -0.126. The number of anilines is 2. The molecule has 202 valence electrons. The van der Waals surface area contributed by atoms with Crippen LogP contribution in [-0.2, 0) is 17.9 Å². The Labute approximate surface area is 242 Å². The van der Waals surface area contributed by atoms with Gasteiger partial charge < -0.3 is 20.5 Å². The smallest absolute Gasteiger partial charge is 0.245 e. The maximum Gasteiger partial charge on any atom is 0.245 e. The average Bonchev–Trinajstić information content (AvgIpc) is 3.47. The Bertz CT molecular complexity index is 1440. The molecule has 7 nitrogen and oxygen atoms in total. The third-order valence-electron chi connectivity index (χ3n) is 6.88. The van der Waals surface area contributed by atoms with E-state index in [9.17, 15) is 4.79 Å². The summed E-state index contributed by atoms with van der Waals surface area (Å²) < 4.78 is 1.91. The van der Waals surface area contributed by atoms with E-state index in [4.69, 9.17) is 44.8 Å². The highest BCUT2D eigenvalue weighted by Gasteiger charge is 2.40. The molecule has 5 rings (SSSR count). The molecular weight excluding hydrogens is 555 g/mol. The fourth-order valence-electron chi connectivity index (χ4n) is 4.84. The van der Waals surface area contributed by atoms with Crippen LogP contribution >= 0.6 is 34.8 Å². The normalized spacial score (nSPS) is 14.5. The standard InChI is InChI=1S/C29H29Cl3N6O/c30-22-8-6-7-20(15-22)18-34-28-35-25(17-26(36-28)38-13-4-5-14-38)37-29(11-2-1-3-12-29)27(39)33-19-21-9-10-23(31)16-24(21)32/h4-10,13-17H,1-3,11-12,18-19H2,(H,33,39)(H2,34,35,36,37). The summed E-state index contributed by atoms with van der Waals surface area (Å²) in [5, 5.41) is 11.7. The highest BCUT2D eigenvalue weighted by Crippen LogP contribution is 2.33. The van der Waals surface area contributed by atoms with E-state index in [1.54, 1.807) is 12.1 Å². The van der Waals surface area contributed by atoms with Gasteiger partial charge in [-0.15, -0.1) is 0 Å². The molecule has 2 aromatic carbocycles. The van der Waals surface area contributed by atoms with Gasteiger partial charge in [0.05, 0.1) is 0 Å². The summed E-state index contributed by atoms with van der Waals surface area (Å²) in [5.74, 6) is 1.63. The van der Waals surface area contributed by atoms with Crippen molar-refractivity contribution in [1.82, 2.24) is 19.9 Å². The van der Waals surface area contributed by atoms with E-state index in [0.29, 0.717) is 58.6 Å². The Morgan fingerprint density at radius 2 is 1.64 bits per heavy atom. The van der Waals surface area contributed by atoms with Crippen molar-refractivity contribution >= 4 is 52.5 Å². The minimum absolute atomic E-state index is 0.0808. The van der Waals surface area contributed by atoms with Gasteiger partial charge in [0.15, 0.2) is 0 Å². The topological polar surface area (TPSA) is 83.9 Å². The summed E-state index contributed by atoms with van der Waals surface area (Å²) >= 11 is 18.5. The van der Waals surface area contributed by atoms with Crippen molar-refractivity contribution in [2.75, 3.05) is 10.6 Å². The molecule has 0 radical (unpaired) electrons. The van der Waals surface area contributed by atoms with Crippen LogP contribution in [-0.4, -0.2) is 26.0 Å². The first-order valence-electron chi connectivity index (χ1n) is 12.9. The number of carbonyl (C=O) groups excluding carboxylic acids is 1.